The Morgan fingerprint density at radius 1 is 1.05 bits per heavy atom. The second kappa shape index (κ2) is 5.17. The molecule has 2 rings (SSSR count). The van der Waals surface area contributed by atoms with Crippen molar-refractivity contribution in [1.29, 1.82) is 0 Å². The summed E-state index contributed by atoms with van der Waals surface area (Å²) in [6.07, 6.45) is 2.81. The summed E-state index contributed by atoms with van der Waals surface area (Å²) in [5, 5.41) is 2.53. The maximum Gasteiger partial charge on any atom is 0.0487 e. The maximum atomic E-state index is 5.87. The van der Waals surface area contributed by atoms with Crippen molar-refractivity contribution in [1.82, 2.24) is 4.98 Å². The van der Waals surface area contributed by atoms with Crippen LogP contribution in [0.25, 0.3) is 10.8 Å². The van der Waals surface area contributed by atoms with Crippen LogP contribution in [0.5, 0.6) is 0 Å². The number of nitrogens with zero attached hydrogens (tertiary/aromatic N) is 1. The third kappa shape index (κ3) is 3.18. The van der Waals surface area contributed by atoms with E-state index in [4.69, 9.17) is 5.73 Å². The summed E-state index contributed by atoms with van der Waals surface area (Å²) in [6, 6.07) is 8.81. The molecular weight excluding hydrogens is 244 g/mol. The van der Waals surface area contributed by atoms with Crippen molar-refractivity contribution < 1.29 is 0 Å². The van der Waals surface area contributed by atoms with Gasteiger partial charge in [-0.25, -0.2) is 0 Å². The van der Waals surface area contributed by atoms with E-state index < -0.39 is 0 Å². The molecule has 20 heavy (non-hydrogen) atoms. The Labute approximate surface area is 122 Å². The molecule has 0 radical (unpaired) electrons. The number of pyridine rings is 1. The lowest BCUT2D eigenvalue weighted by Crippen LogP contribution is -2.26. The highest BCUT2D eigenvalue weighted by Crippen LogP contribution is 2.29. The fourth-order valence-corrected chi connectivity index (χ4v) is 2.36. The van der Waals surface area contributed by atoms with Crippen LogP contribution in [0.2, 0.25) is 0 Å². The predicted octanol–water partition coefficient (Wildman–Crippen LogP) is 4.06. The van der Waals surface area contributed by atoms with Crippen molar-refractivity contribution in [2.75, 3.05) is 6.54 Å². The Hall–Kier alpha value is -1.41. The molecule has 0 aliphatic heterocycles. The average molecular weight is 270 g/mol. The Morgan fingerprint density at radius 3 is 2.35 bits per heavy atom. The highest BCUT2D eigenvalue weighted by atomic mass is 14.7. The molecule has 0 amide bonds. The zero-order valence-corrected chi connectivity index (χ0v) is 13.3. The van der Waals surface area contributed by atoms with Gasteiger partial charge in [-0.2, -0.15) is 0 Å². The average Bonchev–Trinajstić information content (AvgIpc) is 2.37. The van der Waals surface area contributed by atoms with Gasteiger partial charge in [-0.15, -0.1) is 0 Å². The molecule has 2 aromatic rings. The number of hydrogen-bond acceptors (Lipinski definition) is 2. The molecule has 1 aromatic carbocycles. The molecule has 0 atom stereocenters. The van der Waals surface area contributed by atoms with Crippen LogP contribution in [-0.2, 0) is 11.8 Å². The van der Waals surface area contributed by atoms with Crippen LogP contribution in [0.1, 0.15) is 45.9 Å². The van der Waals surface area contributed by atoms with Crippen molar-refractivity contribution in [2.24, 2.45) is 11.1 Å². The van der Waals surface area contributed by atoms with Gasteiger partial charge >= 0.3 is 0 Å². The third-order valence-electron chi connectivity index (χ3n) is 3.91. The van der Waals surface area contributed by atoms with Crippen molar-refractivity contribution in [3.05, 3.63) is 41.7 Å². The van der Waals surface area contributed by atoms with Crippen LogP contribution in [-0.4, -0.2) is 11.5 Å². The van der Waals surface area contributed by atoms with Crippen LogP contribution >= 0.6 is 0 Å². The Morgan fingerprint density at radius 2 is 1.75 bits per heavy atom. The van der Waals surface area contributed by atoms with E-state index in [2.05, 4.69) is 63.9 Å². The molecule has 108 valence electrons. The fraction of sp³-hybridized carbons (Fsp3) is 0.500. The quantitative estimate of drug-likeness (QED) is 0.913. The summed E-state index contributed by atoms with van der Waals surface area (Å²) in [5.41, 5.74) is 8.62. The molecule has 0 spiro atoms. The van der Waals surface area contributed by atoms with Crippen LogP contribution < -0.4 is 5.73 Å². The van der Waals surface area contributed by atoms with Crippen LogP contribution in [0, 0.1) is 5.41 Å². The number of rotatable bonds is 3. The highest BCUT2D eigenvalue weighted by molar-refractivity contribution is 5.85. The minimum atomic E-state index is 0.0824. The number of hydrogen-bond donors (Lipinski definition) is 1. The SMILES string of the molecule is CC(C)(CN)Cc1nccc2ccc(C(C)(C)C)cc12. The van der Waals surface area contributed by atoms with Crippen molar-refractivity contribution in [3.63, 3.8) is 0 Å². The lowest BCUT2D eigenvalue weighted by atomic mass is 9.83. The first kappa shape index (κ1) is 15.0. The standard InChI is InChI=1S/C18H26N2/c1-17(2,3)14-7-6-13-8-9-20-16(15(13)10-14)11-18(4,5)12-19/h6-10H,11-12,19H2,1-5H3. The van der Waals surface area contributed by atoms with Crippen molar-refractivity contribution in [2.45, 2.75) is 46.5 Å². The summed E-state index contributed by atoms with van der Waals surface area (Å²) in [4.78, 5) is 4.61. The number of benzene rings is 1. The van der Waals surface area contributed by atoms with E-state index in [1.54, 1.807) is 0 Å². The van der Waals surface area contributed by atoms with Gasteiger partial charge in [0.15, 0.2) is 0 Å². The van der Waals surface area contributed by atoms with E-state index in [9.17, 15) is 0 Å². The predicted molar refractivity (Wildman–Crippen MR) is 87.0 cm³/mol. The summed E-state index contributed by atoms with van der Waals surface area (Å²) < 4.78 is 0. The number of nitrogens with two attached hydrogens (primary N) is 1. The molecule has 0 aliphatic carbocycles. The minimum Gasteiger partial charge on any atom is -0.330 e. The van der Waals surface area contributed by atoms with E-state index in [1.165, 1.54) is 16.3 Å². The first-order valence-electron chi connectivity index (χ1n) is 7.31. The first-order chi connectivity index (χ1) is 9.23. The van der Waals surface area contributed by atoms with E-state index in [0.717, 1.165) is 12.1 Å². The molecular formula is C18H26N2. The van der Waals surface area contributed by atoms with E-state index >= 15 is 0 Å². The van der Waals surface area contributed by atoms with Gasteiger partial charge in [-0.1, -0.05) is 46.8 Å². The Kier molecular flexibility index (Phi) is 3.88. The van der Waals surface area contributed by atoms with Crippen LogP contribution in [0.15, 0.2) is 30.5 Å². The lowest BCUT2D eigenvalue weighted by Gasteiger charge is -2.24. The molecule has 0 aliphatic rings. The topological polar surface area (TPSA) is 38.9 Å². The molecule has 0 saturated heterocycles. The Bertz CT molecular complexity index is 606. The van der Waals surface area contributed by atoms with Gasteiger partial charge in [0.2, 0.25) is 0 Å². The zero-order chi connectivity index (χ0) is 15.0. The monoisotopic (exact) mass is 270 g/mol. The lowest BCUT2D eigenvalue weighted by molar-refractivity contribution is 0.374. The van der Waals surface area contributed by atoms with E-state index in [0.29, 0.717) is 6.54 Å². The summed E-state index contributed by atoms with van der Waals surface area (Å²) in [7, 11) is 0. The summed E-state index contributed by atoms with van der Waals surface area (Å²) >= 11 is 0. The van der Waals surface area contributed by atoms with Gasteiger partial charge < -0.3 is 5.73 Å². The molecule has 1 heterocycles. The highest BCUT2D eigenvalue weighted by Gasteiger charge is 2.20. The van der Waals surface area contributed by atoms with Crippen LogP contribution in [0.4, 0.5) is 0 Å². The second-order valence-electron chi connectivity index (χ2n) is 7.49. The van der Waals surface area contributed by atoms with E-state index in [1.807, 2.05) is 6.20 Å². The normalized spacial score (nSPS) is 12.9. The Balaban J connectivity index is 2.55. The molecule has 0 saturated carbocycles. The second-order valence-corrected chi connectivity index (χ2v) is 7.49. The molecule has 2 heteroatoms. The van der Waals surface area contributed by atoms with Gasteiger partial charge in [0.25, 0.3) is 0 Å². The van der Waals surface area contributed by atoms with Crippen LogP contribution in [0.3, 0.4) is 0 Å². The zero-order valence-electron chi connectivity index (χ0n) is 13.3. The van der Waals surface area contributed by atoms with Crippen molar-refractivity contribution in [3.8, 4) is 0 Å². The summed E-state index contributed by atoms with van der Waals surface area (Å²) in [6.45, 7) is 11.8. The third-order valence-corrected chi connectivity index (χ3v) is 3.91. The van der Waals surface area contributed by atoms with Gasteiger partial charge in [0.05, 0.1) is 0 Å². The number of aromatic nitrogens is 1. The van der Waals surface area contributed by atoms with Gasteiger partial charge in [-0.05, 0) is 46.9 Å². The molecule has 1 aromatic heterocycles. The minimum absolute atomic E-state index is 0.0824. The summed E-state index contributed by atoms with van der Waals surface area (Å²) in [5.74, 6) is 0. The number of fused-ring (bicyclic) bond motifs is 1. The van der Waals surface area contributed by atoms with Crippen molar-refractivity contribution >= 4 is 10.8 Å². The molecule has 0 bridgehead atoms. The molecule has 2 N–H and O–H groups in total. The van der Waals surface area contributed by atoms with Gasteiger partial charge in [0.1, 0.15) is 0 Å². The largest absolute Gasteiger partial charge is 0.330 e. The fourth-order valence-electron chi connectivity index (χ4n) is 2.36. The van der Waals surface area contributed by atoms with Gasteiger partial charge in [-0.3, -0.25) is 4.98 Å². The molecule has 2 nitrogen and oxygen atoms in total. The molecule has 0 fully saturated rings. The van der Waals surface area contributed by atoms with E-state index in [-0.39, 0.29) is 10.8 Å². The maximum absolute atomic E-state index is 5.87. The smallest absolute Gasteiger partial charge is 0.0487 e. The van der Waals surface area contributed by atoms with Gasteiger partial charge in [0, 0.05) is 17.3 Å². The molecule has 0 unspecified atom stereocenters. The first-order valence-corrected chi connectivity index (χ1v) is 7.31.